The third kappa shape index (κ3) is 3.85. The third-order valence-electron chi connectivity index (χ3n) is 3.73. The fourth-order valence-corrected chi connectivity index (χ4v) is 2.70. The maximum absolute atomic E-state index is 6.22. The zero-order valence-corrected chi connectivity index (χ0v) is 12.5. The molecule has 0 radical (unpaired) electrons. The van der Waals surface area contributed by atoms with E-state index in [1.54, 1.807) is 0 Å². The lowest BCUT2D eigenvalue weighted by Crippen LogP contribution is -2.41. The molecule has 0 amide bonds. The molecule has 0 saturated carbocycles. The van der Waals surface area contributed by atoms with Crippen LogP contribution >= 0.6 is 11.6 Å². The molecule has 1 aliphatic rings. The average molecular weight is 283 g/mol. The number of piperidine rings is 1. The zero-order chi connectivity index (χ0) is 13.8. The van der Waals surface area contributed by atoms with Gasteiger partial charge in [-0.2, -0.15) is 0 Å². The molecule has 1 aliphatic heterocycles. The fraction of sp³-hybridized carbons (Fsp3) is 0.600. The maximum atomic E-state index is 6.22. The second-order valence-electron chi connectivity index (χ2n) is 5.42. The van der Waals surface area contributed by atoms with Crippen LogP contribution in [0.15, 0.2) is 18.2 Å². The van der Waals surface area contributed by atoms with Crippen LogP contribution in [0.1, 0.15) is 32.3 Å². The van der Waals surface area contributed by atoms with Crippen molar-refractivity contribution in [3.63, 3.8) is 0 Å². The molecular weight excluding hydrogens is 260 g/mol. The van der Waals surface area contributed by atoms with Crippen molar-refractivity contribution >= 4 is 11.6 Å². The highest BCUT2D eigenvalue weighted by Crippen LogP contribution is 2.28. The molecule has 4 heteroatoms. The van der Waals surface area contributed by atoms with Crippen LogP contribution in [0.2, 0.25) is 5.02 Å². The zero-order valence-electron chi connectivity index (χ0n) is 11.7. The Morgan fingerprint density at radius 1 is 1.37 bits per heavy atom. The van der Waals surface area contributed by atoms with Gasteiger partial charge in [-0.1, -0.05) is 17.7 Å². The Labute approximate surface area is 120 Å². The molecule has 0 bridgehead atoms. The summed E-state index contributed by atoms with van der Waals surface area (Å²) in [7, 11) is 0. The van der Waals surface area contributed by atoms with Gasteiger partial charge < -0.3 is 15.4 Å². The van der Waals surface area contributed by atoms with E-state index in [4.69, 9.17) is 22.1 Å². The molecule has 19 heavy (non-hydrogen) atoms. The lowest BCUT2D eigenvalue weighted by Gasteiger charge is -2.34. The van der Waals surface area contributed by atoms with Crippen molar-refractivity contribution in [2.75, 3.05) is 13.1 Å². The Balaban J connectivity index is 1.92. The van der Waals surface area contributed by atoms with Crippen LogP contribution in [0, 0.1) is 0 Å². The Bertz CT molecular complexity index is 415. The summed E-state index contributed by atoms with van der Waals surface area (Å²) in [5.41, 5.74) is 6.63. The van der Waals surface area contributed by atoms with Gasteiger partial charge in [-0.25, -0.2) is 0 Å². The van der Waals surface area contributed by atoms with Gasteiger partial charge >= 0.3 is 0 Å². The number of nitrogens with zero attached hydrogens (tertiary/aromatic N) is 1. The average Bonchev–Trinajstić information content (AvgIpc) is 2.41. The molecule has 106 valence electrons. The number of nitrogens with two attached hydrogens (primary N) is 1. The van der Waals surface area contributed by atoms with Gasteiger partial charge in [0.15, 0.2) is 0 Å². The number of hydrogen-bond acceptors (Lipinski definition) is 3. The Hall–Kier alpha value is -0.770. The summed E-state index contributed by atoms with van der Waals surface area (Å²) in [5, 5.41) is 0.661. The summed E-state index contributed by atoms with van der Waals surface area (Å²) in [5.74, 6) is 0.780. The fourth-order valence-electron chi connectivity index (χ4n) is 2.46. The largest absolute Gasteiger partial charge is 0.489 e. The second kappa shape index (κ2) is 6.60. The van der Waals surface area contributed by atoms with E-state index in [1.807, 2.05) is 18.2 Å². The molecule has 2 N–H and O–H groups in total. The first-order valence-electron chi connectivity index (χ1n) is 6.99. The van der Waals surface area contributed by atoms with Crippen LogP contribution in [0.5, 0.6) is 5.75 Å². The van der Waals surface area contributed by atoms with Gasteiger partial charge in [0.25, 0.3) is 0 Å². The SMILES string of the molecule is CC(C)N1CCC(Oc2ccc(CN)cc2Cl)CC1. The van der Waals surface area contributed by atoms with E-state index in [9.17, 15) is 0 Å². The van der Waals surface area contributed by atoms with Crippen molar-refractivity contribution in [3.05, 3.63) is 28.8 Å². The van der Waals surface area contributed by atoms with Crippen molar-refractivity contribution in [1.82, 2.24) is 4.90 Å². The van der Waals surface area contributed by atoms with Gasteiger partial charge in [0.05, 0.1) is 5.02 Å². The summed E-state index contributed by atoms with van der Waals surface area (Å²) in [4.78, 5) is 2.49. The highest BCUT2D eigenvalue weighted by atomic mass is 35.5. The first kappa shape index (κ1) is 14.6. The topological polar surface area (TPSA) is 38.5 Å². The van der Waals surface area contributed by atoms with Gasteiger partial charge in [-0.15, -0.1) is 0 Å². The van der Waals surface area contributed by atoms with Crippen molar-refractivity contribution in [2.24, 2.45) is 5.73 Å². The van der Waals surface area contributed by atoms with Crippen molar-refractivity contribution < 1.29 is 4.74 Å². The van der Waals surface area contributed by atoms with E-state index in [1.165, 1.54) is 0 Å². The number of benzene rings is 1. The lowest BCUT2D eigenvalue weighted by atomic mass is 10.1. The molecule has 0 aliphatic carbocycles. The number of rotatable bonds is 4. The Kier molecular flexibility index (Phi) is 5.08. The van der Waals surface area contributed by atoms with Crippen LogP contribution in [0.25, 0.3) is 0 Å². The second-order valence-corrected chi connectivity index (χ2v) is 5.82. The van der Waals surface area contributed by atoms with Gasteiger partial charge in [0.2, 0.25) is 0 Å². The molecule has 2 rings (SSSR count). The smallest absolute Gasteiger partial charge is 0.138 e. The predicted molar refractivity (Wildman–Crippen MR) is 79.7 cm³/mol. The predicted octanol–water partition coefficient (Wildman–Crippen LogP) is 3.05. The number of halogens is 1. The van der Waals surface area contributed by atoms with Crippen molar-refractivity contribution in [2.45, 2.75) is 45.4 Å². The highest BCUT2D eigenvalue weighted by molar-refractivity contribution is 6.32. The van der Waals surface area contributed by atoms with Gasteiger partial charge in [0.1, 0.15) is 11.9 Å². The lowest BCUT2D eigenvalue weighted by molar-refractivity contribution is 0.0843. The molecule has 1 aromatic rings. The van der Waals surface area contributed by atoms with E-state index in [0.29, 0.717) is 17.6 Å². The minimum atomic E-state index is 0.274. The van der Waals surface area contributed by atoms with Gasteiger partial charge in [0, 0.05) is 25.7 Å². The molecule has 0 aromatic heterocycles. The molecule has 1 fully saturated rings. The van der Waals surface area contributed by atoms with Gasteiger partial charge in [-0.3, -0.25) is 0 Å². The summed E-state index contributed by atoms with van der Waals surface area (Å²) in [6.45, 7) is 7.18. The summed E-state index contributed by atoms with van der Waals surface area (Å²) < 4.78 is 6.01. The van der Waals surface area contributed by atoms with E-state index < -0.39 is 0 Å². The molecule has 0 unspecified atom stereocenters. The molecular formula is C15H23ClN2O. The minimum Gasteiger partial charge on any atom is -0.489 e. The molecule has 1 aromatic carbocycles. The number of likely N-dealkylation sites (tertiary alicyclic amines) is 1. The maximum Gasteiger partial charge on any atom is 0.138 e. The van der Waals surface area contributed by atoms with Crippen molar-refractivity contribution in [1.29, 1.82) is 0 Å². The van der Waals surface area contributed by atoms with Crippen LogP contribution in [0.3, 0.4) is 0 Å². The number of hydrogen-bond donors (Lipinski definition) is 1. The van der Waals surface area contributed by atoms with Gasteiger partial charge in [-0.05, 0) is 44.4 Å². The molecule has 1 heterocycles. The quantitative estimate of drug-likeness (QED) is 0.922. The minimum absolute atomic E-state index is 0.274. The third-order valence-corrected chi connectivity index (χ3v) is 4.03. The summed E-state index contributed by atoms with van der Waals surface area (Å²) in [6, 6.07) is 6.41. The van der Waals surface area contributed by atoms with E-state index >= 15 is 0 Å². The number of ether oxygens (including phenoxy) is 1. The molecule has 3 nitrogen and oxygen atoms in total. The van der Waals surface area contributed by atoms with Crippen LogP contribution in [-0.4, -0.2) is 30.1 Å². The first-order valence-corrected chi connectivity index (χ1v) is 7.37. The van der Waals surface area contributed by atoms with Crippen LogP contribution in [0.4, 0.5) is 0 Å². The normalized spacial score (nSPS) is 17.9. The van der Waals surface area contributed by atoms with Crippen LogP contribution < -0.4 is 10.5 Å². The van der Waals surface area contributed by atoms with Crippen molar-refractivity contribution in [3.8, 4) is 5.75 Å². The Morgan fingerprint density at radius 3 is 2.58 bits per heavy atom. The van der Waals surface area contributed by atoms with E-state index in [-0.39, 0.29) is 6.10 Å². The summed E-state index contributed by atoms with van der Waals surface area (Å²) >= 11 is 6.22. The first-order chi connectivity index (χ1) is 9.10. The standard InChI is InChI=1S/C15H23ClN2O/c1-11(2)18-7-5-13(6-8-18)19-15-4-3-12(10-17)9-14(15)16/h3-4,9,11,13H,5-8,10,17H2,1-2H3. The monoisotopic (exact) mass is 282 g/mol. The molecule has 0 spiro atoms. The van der Waals surface area contributed by atoms with E-state index in [0.717, 1.165) is 37.2 Å². The highest BCUT2D eigenvalue weighted by Gasteiger charge is 2.22. The van der Waals surface area contributed by atoms with E-state index in [2.05, 4.69) is 18.7 Å². The van der Waals surface area contributed by atoms with Crippen LogP contribution in [-0.2, 0) is 6.54 Å². The molecule has 1 saturated heterocycles. The summed E-state index contributed by atoms with van der Waals surface area (Å²) in [6.07, 6.45) is 2.40. The molecule has 0 atom stereocenters. The Morgan fingerprint density at radius 2 is 2.05 bits per heavy atom.